The van der Waals surface area contributed by atoms with Crippen molar-refractivity contribution in [2.75, 3.05) is 5.32 Å². The topological polar surface area (TPSA) is 63.8 Å². The van der Waals surface area contributed by atoms with Crippen molar-refractivity contribution in [2.45, 2.75) is 6.54 Å². The summed E-state index contributed by atoms with van der Waals surface area (Å²) in [6.07, 6.45) is 3.04. The van der Waals surface area contributed by atoms with E-state index in [1.54, 1.807) is 6.20 Å². The molecule has 0 amide bonds. The van der Waals surface area contributed by atoms with Crippen LogP contribution in [0.3, 0.4) is 0 Å². The monoisotopic (exact) mass is 182 g/mol. The Balaban J connectivity index is 1.91. The van der Waals surface area contributed by atoms with Crippen LogP contribution in [0.25, 0.3) is 0 Å². The van der Waals surface area contributed by atoms with Crippen molar-refractivity contribution >= 4 is 16.5 Å². The van der Waals surface area contributed by atoms with Crippen LogP contribution >= 0.6 is 11.3 Å². The first-order chi connectivity index (χ1) is 5.95. The minimum absolute atomic E-state index is 0.546. The fourth-order valence-electron chi connectivity index (χ4n) is 0.736. The van der Waals surface area contributed by atoms with Crippen molar-refractivity contribution in [2.24, 2.45) is 0 Å². The number of anilines is 1. The summed E-state index contributed by atoms with van der Waals surface area (Å²) in [5.74, 6) is 0.630. The van der Waals surface area contributed by atoms with Gasteiger partial charge in [-0.3, -0.25) is 0 Å². The van der Waals surface area contributed by atoms with Crippen molar-refractivity contribution < 1.29 is 4.52 Å². The molecule has 0 bridgehead atoms. The number of thiazole rings is 1. The highest BCUT2D eigenvalue weighted by atomic mass is 32.1. The molecule has 0 aromatic carbocycles. The molecule has 6 heteroatoms. The molecule has 12 heavy (non-hydrogen) atoms. The predicted molar refractivity (Wildman–Crippen MR) is 43.7 cm³/mol. The van der Waals surface area contributed by atoms with Gasteiger partial charge in [0, 0.05) is 11.6 Å². The van der Waals surface area contributed by atoms with Crippen LogP contribution in [0.1, 0.15) is 5.82 Å². The molecule has 2 aromatic heterocycles. The first-order valence-electron chi connectivity index (χ1n) is 3.34. The minimum atomic E-state index is 0.546. The van der Waals surface area contributed by atoms with E-state index in [1.165, 1.54) is 17.7 Å². The second-order valence-corrected chi connectivity index (χ2v) is 2.93. The van der Waals surface area contributed by atoms with E-state index >= 15 is 0 Å². The van der Waals surface area contributed by atoms with Gasteiger partial charge in [0.2, 0.25) is 6.39 Å². The molecule has 2 heterocycles. The number of hydrogen-bond acceptors (Lipinski definition) is 6. The van der Waals surface area contributed by atoms with Crippen molar-refractivity contribution in [3.63, 3.8) is 0 Å². The van der Waals surface area contributed by atoms with Gasteiger partial charge in [0.1, 0.15) is 0 Å². The lowest BCUT2D eigenvalue weighted by molar-refractivity contribution is 0.411. The van der Waals surface area contributed by atoms with Crippen LogP contribution in [0, 0.1) is 0 Å². The molecule has 0 radical (unpaired) electrons. The maximum absolute atomic E-state index is 4.57. The fourth-order valence-corrected chi connectivity index (χ4v) is 1.26. The van der Waals surface area contributed by atoms with Gasteiger partial charge in [-0.05, 0) is 0 Å². The van der Waals surface area contributed by atoms with E-state index in [0.717, 1.165) is 5.13 Å². The van der Waals surface area contributed by atoms with Crippen molar-refractivity contribution in [3.8, 4) is 0 Å². The SMILES string of the molecule is c1csc(NCc2ncon2)n1. The highest BCUT2D eigenvalue weighted by molar-refractivity contribution is 7.13. The normalized spacial score (nSPS) is 10.0. The van der Waals surface area contributed by atoms with Crippen LogP contribution in [0.15, 0.2) is 22.5 Å². The van der Waals surface area contributed by atoms with E-state index in [-0.39, 0.29) is 0 Å². The maximum Gasteiger partial charge on any atom is 0.213 e. The third-order valence-corrected chi connectivity index (χ3v) is 1.97. The van der Waals surface area contributed by atoms with E-state index < -0.39 is 0 Å². The Bertz CT molecular complexity index is 283. The van der Waals surface area contributed by atoms with Gasteiger partial charge in [0.15, 0.2) is 11.0 Å². The Labute approximate surface area is 72.4 Å². The number of nitrogens with one attached hydrogen (secondary N) is 1. The van der Waals surface area contributed by atoms with Crippen LogP contribution < -0.4 is 5.32 Å². The quantitative estimate of drug-likeness (QED) is 0.771. The second kappa shape index (κ2) is 3.31. The molecule has 0 aliphatic heterocycles. The average molecular weight is 182 g/mol. The largest absolute Gasteiger partial charge is 0.354 e. The highest BCUT2D eigenvalue weighted by Gasteiger charge is 1.98. The van der Waals surface area contributed by atoms with E-state index in [0.29, 0.717) is 12.4 Å². The Kier molecular flexibility index (Phi) is 2.00. The van der Waals surface area contributed by atoms with Crippen LogP contribution in [0.4, 0.5) is 5.13 Å². The number of aromatic nitrogens is 3. The second-order valence-electron chi connectivity index (χ2n) is 2.04. The summed E-state index contributed by atoms with van der Waals surface area (Å²) in [7, 11) is 0. The zero-order valence-corrected chi connectivity index (χ0v) is 6.91. The summed E-state index contributed by atoms with van der Waals surface area (Å²) in [6.45, 7) is 0.546. The Hall–Kier alpha value is -1.43. The van der Waals surface area contributed by atoms with Crippen LogP contribution in [0.2, 0.25) is 0 Å². The molecule has 2 aromatic rings. The number of nitrogens with zero attached hydrogens (tertiary/aromatic N) is 3. The van der Waals surface area contributed by atoms with Gasteiger partial charge in [0.05, 0.1) is 6.54 Å². The fraction of sp³-hybridized carbons (Fsp3) is 0.167. The lowest BCUT2D eigenvalue weighted by atomic mass is 10.6. The van der Waals surface area contributed by atoms with Gasteiger partial charge in [-0.15, -0.1) is 11.3 Å². The summed E-state index contributed by atoms with van der Waals surface area (Å²) in [5, 5.41) is 9.46. The molecule has 0 aliphatic rings. The van der Waals surface area contributed by atoms with E-state index in [2.05, 4.69) is 25.0 Å². The summed E-state index contributed by atoms with van der Waals surface area (Å²) in [5.41, 5.74) is 0. The van der Waals surface area contributed by atoms with Gasteiger partial charge < -0.3 is 9.84 Å². The standard InChI is InChI=1S/C6H6N4OS/c1-2-12-6(7-1)8-3-5-9-4-11-10-5/h1-2,4H,3H2,(H,7,8). The van der Waals surface area contributed by atoms with Crippen LogP contribution in [-0.4, -0.2) is 15.1 Å². The third kappa shape index (κ3) is 1.59. The zero-order chi connectivity index (χ0) is 8.23. The maximum atomic E-state index is 4.57. The van der Waals surface area contributed by atoms with E-state index in [9.17, 15) is 0 Å². The number of hydrogen-bond donors (Lipinski definition) is 1. The van der Waals surface area contributed by atoms with Gasteiger partial charge >= 0.3 is 0 Å². The van der Waals surface area contributed by atoms with E-state index in [4.69, 9.17) is 0 Å². The molecule has 0 unspecified atom stereocenters. The number of rotatable bonds is 3. The van der Waals surface area contributed by atoms with Crippen LogP contribution in [0.5, 0.6) is 0 Å². The van der Waals surface area contributed by atoms with Crippen molar-refractivity contribution in [1.29, 1.82) is 0 Å². The molecule has 0 atom stereocenters. The summed E-state index contributed by atoms with van der Waals surface area (Å²) in [6, 6.07) is 0. The first-order valence-corrected chi connectivity index (χ1v) is 4.22. The molecule has 0 spiro atoms. The van der Waals surface area contributed by atoms with Crippen molar-refractivity contribution in [1.82, 2.24) is 15.1 Å². The molecular formula is C6H6N4OS. The van der Waals surface area contributed by atoms with E-state index in [1.807, 2.05) is 5.38 Å². The molecule has 0 aliphatic carbocycles. The smallest absolute Gasteiger partial charge is 0.213 e. The molecule has 0 saturated carbocycles. The molecule has 2 rings (SSSR count). The molecule has 0 fully saturated rings. The highest BCUT2D eigenvalue weighted by Crippen LogP contribution is 2.10. The lowest BCUT2D eigenvalue weighted by Gasteiger charge is -1.95. The minimum Gasteiger partial charge on any atom is -0.354 e. The third-order valence-electron chi connectivity index (χ3n) is 1.24. The Morgan fingerprint density at radius 1 is 1.50 bits per heavy atom. The van der Waals surface area contributed by atoms with Gasteiger partial charge in [0.25, 0.3) is 0 Å². The Morgan fingerprint density at radius 2 is 2.50 bits per heavy atom. The molecule has 62 valence electrons. The van der Waals surface area contributed by atoms with Crippen molar-refractivity contribution in [3.05, 3.63) is 23.8 Å². The lowest BCUT2D eigenvalue weighted by Crippen LogP contribution is -2.00. The summed E-state index contributed by atoms with van der Waals surface area (Å²) in [4.78, 5) is 7.89. The molecule has 5 nitrogen and oxygen atoms in total. The van der Waals surface area contributed by atoms with Gasteiger partial charge in [-0.25, -0.2) is 4.98 Å². The van der Waals surface area contributed by atoms with Gasteiger partial charge in [-0.2, -0.15) is 4.98 Å². The first kappa shape index (κ1) is 7.23. The summed E-state index contributed by atoms with van der Waals surface area (Å²) >= 11 is 1.54. The molecular weight excluding hydrogens is 176 g/mol. The van der Waals surface area contributed by atoms with Crippen LogP contribution in [-0.2, 0) is 6.54 Å². The summed E-state index contributed by atoms with van der Waals surface area (Å²) < 4.78 is 4.57. The Morgan fingerprint density at radius 3 is 3.17 bits per heavy atom. The molecule has 0 saturated heterocycles. The van der Waals surface area contributed by atoms with Gasteiger partial charge in [-0.1, -0.05) is 5.16 Å². The zero-order valence-electron chi connectivity index (χ0n) is 6.10. The molecule has 1 N–H and O–H groups in total. The predicted octanol–water partition coefficient (Wildman–Crippen LogP) is 1.14. The average Bonchev–Trinajstić information content (AvgIpc) is 2.74.